The molecule has 0 saturated heterocycles. The Kier molecular flexibility index (Phi) is 6.96. The lowest BCUT2D eigenvalue weighted by atomic mass is 10.2. The Hall–Kier alpha value is -1.06. The Morgan fingerprint density at radius 2 is 2.23 bits per heavy atom. The van der Waals surface area contributed by atoms with Crippen LogP contribution >= 0.6 is 0 Å². The second kappa shape index (κ2) is 7.58. The van der Waals surface area contributed by atoms with Gasteiger partial charge in [-0.15, -0.1) is 0 Å². The summed E-state index contributed by atoms with van der Waals surface area (Å²) < 4.78 is 4.39. The molecule has 0 bridgehead atoms. The van der Waals surface area contributed by atoms with E-state index in [1.807, 2.05) is 38.1 Å². The maximum absolute atomic E-state index is 7.84. The first-order valence-electron chi connectivity index (χ1n) is 4.21. The van der Waals surface area contributed by atoms with Crippen LogP contribution in [0, 0.1) is 6.92 Å². The molecule has 3 N–H and O–H groups in total. The minimum atomic E-state index is -0.156. The van der Waals surface area contributed by atoms with Gasteiger partial charge in [0.2, 0.25) is 0 Å². The topological polar surface area (TPSA) is 55.5 Å². The second-order valence-corrected chi connectivity index (χ2v) is 2.54. The van der Waals surface area contributed by atoms with E-state index in [0.29, 0.717) is 6.61 Å². The van der Waals surface area contributed by atoms with Crippen molar-refractivity contribution in [1.82, 2.24) is 0 Å². The summed E-state index contributed by atoms with van der Waals surface area (Å²) in [6, 6.07) is 7.80. The SMILES string of the molecule is CCOCO.Cc1cccc(N)c1.[HH]. The maximum atomic E-state index is 7.84. The molecule has 13 heavy (non-hydrogen) atoms. The number of rotatable bonds is 2. The van der Waals surface area contributed by atoms with Crippen LogP contribution in [0.4, 0.5) is 5.69 Å². The Balaban J connectivity index is 0. The first-order chi connectivity index (χ1) is 6.20. The number of hydrogen-bond acceptors (Lipinski definition) is 3. The molecule has 0 amide bonds. The van der Waals surface area contributed by atoms with Gasteiger partial charge in [-0.05, 0) is 31.5 Å². The summed E-state index contributed by atoms with van der Waals surface area (Å²) in [5.41, 5.74) is 7.51. The third-order valence-corrected chi connectivity index (χ3v) is 1.34. The van der Waals surface area contributed by atoms with Crippen LogP contribution in [0.15, 0.2) is 24.3 Å². The van der Waals surface area contributed by atoms with Crippen molar-refractivity contribution < 1.29 is 11.3 Å². The largest absolute Gasteiger partial charge is 0.399 e. The number of ether oxygens (including phenoxy) is 1. The lowest BCUT2D eigenvalue weighted by Crippen LogP contribution is -1.88. The van der Waals surface area contributed by atoms with E-state index < -0.39 is 0 Å². The van der Waals surface area contributed by atoms with Gasteiger partial charge in [0.25, 0.3) is 0 Å². The van der Waals surface area contributed by atoms with Crippen LogP contribution in [0.5, 0.6) is 0 Å². The van der Waals surface area contributed by atoms with Gasteiger partial charge < -0.3 is 15.6 Å². The van der Waals surface area contributed by atoms with Gasteiger partial charge in [-0.3, -0.25) is 0 Å². The number of benzene rings is 1. The number of anilines is 1. The first-order valence-corrected chi connectivity index (χ1v) is 4.21. The molecule has 0 unspecified atom stereocenters. The molecule has 0 radical (unpaired) electrons. The van der Waals surface area contributed by atoms with Crippen molar-refractivity contribution >= 4 is 5.69 Å². The van der Waals surface area contributed by atoms with E-state index in [2.05, 4.69) is 4.74 Å². The number of aliphatic hydroxyl groups excluding tert-OH is 1. The molecule has 0 aliphatic carbocycles. The van der Waals surface area contributed by atoms with Gasteiger partial charge in [0.15, 0.2) is 0 Å². The highest BCUT2D eigenvalue weighted by Crippen LogP contribution is 2.03. The molecule has 1 rings (SSSR count). The molecule has 76 valence electrons. The molecule has 0 aliphatic rings. The number of aliphatic hydroxyl groups is 1. The van der Waals surface area contributed by atoms with Crippen LogP contribution in [0.1, 0.15) is 13.9 Å². The highest BCUT2D eigenvalue weighted by atomic mass is 16.6. The van der Waals surface area contributed by atoms with Gasteiger partial charge in [-0.25, -0.2) is 0 Å². The third-order valence-electron chi connectivity index (χ3n) is 1.34. The van der Waals surface area contributed by atoms with Crippen molar-refractivity contribution in [2.45, 2.75) is 13.8 Å². The van der Waals surface area contributed by atoms with E-state index in [9.17, 15) is 0 Å². The zero-order valence-electron chi connectivity index (χ0n) is 8.16. The van der Waals surface area contributed by atoms with Gasteiger partial charge in [0.05, 0.1) is 0 Å². The quantitative estimate of drug-likeness (QED) is 0.545. The van der Waals surface area contributed by atoms with Crippen molar-refractivity contribution in [1.29, 1.82) is 0 Å². The average molecular weight is 185 g/mol. The Bertz CT molecular complexity index is 212. The lowest BCUT2D eigenvalue weighted by molar-refractivity contribution is 0.00540. The zero-order chi connectivity index (χ0) is 10.1. The van der Waals surface area contributed by atoms with E-state index >= 15 is 0 Å². The van der Waals surface area contributed by atoms with Gasteiger partial charge in [0.1, 0.15) is 6.79 Å². The summed E-state index contributed by atoms with van der Waals surface area (Å²) in [6.07, 6.45) is 0. The highest BCUT2D eigenvalue weighted by molar-refractivity contribution is 5.39. The van der Waals surface area contributed by atoms with E-state index in [0.717, 1.165) is 5.69 Å². The minimum Gasteiger partial charge on any atom is -0.399 e. The Morgan fingerprint density at radius 3 is 2.46 bits per heavy atom. The summed E-state index contributed by atoms with van der Waals surface area (Å²) in [6.45, 7) is 4.29. The van der Waals surface area contributed by atoms with Gasteiger partial charge in [-0.2, -0.15) is 0 Å². The molecule has 1 aromatic carbocycles. The maximum Gasteiger partial charge on any atom is 0.143 e. The minimum absolute atomic E-state index is 0. The Morgan fingerprint density at radius 1 is 1.54 bits per heavy atom. The van der Waals surface area contributed by atoms with Crippen molar-refractivity contribution in [3.05, 3.63) is 29.8 Å². The van der Waals surface area contributed by atoms with E-state index in [1.165, 1.54) is 5.56 Å². The fourth-order valence-corrected chi connectivity index (χ4v) is 0.761. The predicted octanol–water partition coefficient (Wildman–Crippen LogP) is 1.80. The summed E-state index contributed by atoms with van der Waals surface area (Å²) in [5, 5.41) is 7.84. The standard InChI is InChI=1S/C7H9N.C3H8O2.H2/c1-6-3-2-4-7(8)5-6;1-2-5-3-4;/h2-5H,8H2,1H3;4H,2-3H2,1H3;1H. The number of nitrogens with two attached hydrogens (primary N) is 1. The van der Waals surface area contributed by atoms with Crippen LogP contribution < -0.4 is 5.73 Å². The molecule has 0 heterocycles. The molecule has 0 fully saturated rings. The van der Waals surface area contributed by atoms with Crippen molar-refractivity contribution in [2.24, 2.45) is 0 Å². The molecule has 0 aromatic heterocycles. The number of hydrogen-bond donors (Lipinski definition) is 2. The molecule has 1 aromatic rings. The van der Waals surface area contributed by atoms with E-state index in [-0.39, 0.29) is 8.22 Å². The first kappa shape index (κ1) is 11.9. The van der Waals surface area contributed by atoms with Gasteiger partial charge >= 0.3 is 0 Å². The molecule has 0 aliphatic heterocycles. The average Bonchev–Trinajstić information content (AvgIpc) is 2.06. The summed E-state index contributed by atoms with van der Waals surface area (Å²) in [4.78, 5) is 0. The summed E-state index contributed by atoms with van der Waals surface area (Å²) >= 11 is 0. The lowest BCUT2D eigenvalue weighted by Gasteiger charge is -1.91. The Labute approximate surface area is 80.6 Å². The van der Waals surface area contributed by atoms with Gasteiger partial charge in [0, 0.05) is 13.7 Å². The normalized spacial score (nSPS) is 8.85. The fraction of sp³-hybridized carbons (Fsp3) is 0.400. The van der Waals surface area contributed by atoms with Crippen LogP contribution in [0.2, 0.25) is 0 Å². The van der Waals surface area contributed by atoms with Crippen LogP contribution in [0.3, 0.4) is 0 Å². The predicted molar refractivity (Wildman–Crippen MR) is 56.4 cm³/mol. The molecular formula is C10H19NO2. The monoisotopic (exact) mass is 185 g/mol. The van der Waals surface area contributed by atoms with Crippen molar-refractivity contribution in [3.63, 3.8) is 0 Å². The summed E-state index contributed by atoms with van der Waals surface area (Å²) in [5.74, 6) is 0. The fourth-order valence-electron chi connectivity index (χ4n) is 0.761. The molecule has 0 spiro atoms. The van der Waals surface area contributed by atoms with Gasteiger partial charge in [-0.1, -0.05) is 12.1 Å². The number of nitrogen functional groups attached to an aromatic ring is 1. The molecule has 3 heteroatoms. The molecule has 3 nitrogen and oxygen atoms in total. The summed E-state index contributed by atoms with van der Waals surface area (Å²) in [7, 11) is 0. The van der Waals surface area contributed by atoms with Crippen molar-refractivity contribution in [2.75, 3.05) is 19.1 Å². The molecule has 0 saturated carbocycles. The van der Waals surface area contributed by atoms with Crippen LogP contribution in [0.25, 0.3) is 0 Å². The van der Waals surface area contributed by atoms with Crippen LogP contribution in [-0.4, -0.2) is 18.5 Å². The smallest absolute Gasteiger partial charge is 0.143 e. The molecular weight excluding hydrogens is 166 g/mol. The van der Waals surface area contributed by atoms with Crippen molar-refractivity contribution in [3.8, 4) is 0 Å². The van der Waals surface area contributed by atoms with E-state index in [1.54, 1.807) is 0 Å². The second-order valence-electron chi connectivity index (χ2n) is 2.54. The third kappa shape index (κ3) is 7.31. The van der Waals surface area contributed by atoms with E-state index in [4.69, 9.17) is 10.8 Å². The highest BCUT2D eigenvalue weighted by Gasteiger charge is 1.81. The number of aryl methyl sites for hydroxylation is 1. The zero-order valence-corrected chi connectivity index (χ0v) is 8.16. The molecule has 0 atom stereocenters. The van der Waals surface area contributed by atoms with Crippen LogP contribution in [-0.2, 0) is 4.74 Å².